The van der Waals surface area contributed by atoms with E-state index in [0.29, 0.717) is 11.3 Å². The SMILES string of the molecule is Cc1ccccc1N(CC(=O)O[C@H](C)C(=O)NC(=O)NC1CCCC1)S(C)(=O)=O. The Morgan fingerprint density at radius 1 is 1.21 bits per heavy atom. The van der Waals surface area contributed by atoms with Crippen molar-refractivity contribution in [1.29, 1.82) is 0 Å². The van der Waals surface area contributed by atoms with E-state index in [1.165, 1.54) is 6.92 Å². The van der Waals surface area contributed by atoms with E-state index < -0.39 is 40.6 Å². The van der Waals surface area contributed by atoms with Crippen LogP contribution in [-0.2, 0) is 24.3 Å². The predicted octanol–water partition coefficient (Wildman–Crippen LogP) is 1.46. The fraction of sp³-hybridized carbons (Fsp3) is 0.526. The molecule has 160 valence electrons. The van der Waals surface area contributed by atoms with Crippen molar-refractivity contribution in [3.05, 3.63) is 29.8 Å². The van der Waals surface area contributed by atoms with Crippen LogP contribution in [0.2, 0.25) is 0 Å². The van der Waals surface area contributed by atoms with Crippen molar-refractivity contribution in [2.75, 3.05) is 17.1 Å². The van der Waals surface area contributed by atoms with Gasteiger partial charge in [-0.1, -0.05) is 31.0 Å². The number of nitrogens with one attached hydrogen (secondary N) is 2. The normalized spacial score (nSPS) is 15.4. The number of rotatable bonds is 7. The lowest BCUT2D eigenvalue weighted by molar-refractivity contribution is -0.152. The van der Waals surface area contributed by atoms with Gasteiger partial charge < -0.3 is 10.1 Å². The van der Waals surface area contributed by atoms with Crippen molar-refractivity contribution >= 4 is 33.6 Å². The molecule has 0 aromatic heterocycles. The average Bonchev–Trinajstić information content (AvgIpc) is 3.12. The van der Waals surface area contributed by atoms with Crippen LogP contribution in [0.3, 0.4) is 0 Å². The van der Waals surface area contributed by atoms with Gasteiger partial charge in [-0.25, -0.2) is 13.2 Å². The molecule has 0 saturated heterocycles. The molecule has 0 radical (unpaired) electrons. The smallest absolute Gasteiger partial charge is 0.327 e. The summed E-state index contributed by atoms with van der Waals surface area (Å²) >= 11 is 0. The van der Waals surface area contributed by atoms with Gasteiger partial charge in [0.2, 0.25) is 10.0 Å². The molecule has 1 aromatic carbocycles. The third-order valence-electron chi connectivity index (χ3n) is 4.66. The molecule has 2 N–H and O–H groups in total. The Balaban J connectivity index is 1.94. The third kappa shape index (κ3) is 6.74. The van der Waals surface area contributed by atoms with Crippen molar-refractivity contribution in [3.63, 3.8) is 0 Å². The molecule has 1 fully saturated rings. The molecule has 0 heterocycles. The lowest BCUT2D eigenvalue weighted by Gasteiger charge is -2.24. The van der Waals surface area contributed by atoms with Gasteiger partial charge in [0, 0.05) is 6.04 Å². The highest BCUT2D eigenvalue weighted by molar-refractivity contribution is 7.92. The second kappa shape index (κ2) is 9.73. The molecular weight excluding hydrogens is 398 g/mol. The number of nitrogens with zero attached hydrogens (tertiary/aromatic N) is 1. The Labute approximate surface area is 170 Å². The maximum atomic E-state index is 12.3. The molecule has 1 aromatic rings. The van der Waals surface area contributed by atoms with Crippen LogP contribution in [0.15, 0.2) is 24.3 Å². The highest BCUT2D eigenvalue weighted by atomic mass is 32.2. The highest BCUT2D eigenvalue weighted by Crippen LogP contribution is 2.22. The number of anilines is 1. The van der Waals surface area contributed by atoms with E-state index in [0.717, 1.165) is 36.2 Å². The number of ether oxygens (including phenoxy) is 1. The summed E-state index contributed by atoms with van der Waals surface area (Å²) in [7, 11) is -3.76. The van der Waals surface area contributed by atoms with Crippen LogP contribution >= 0.6 is 0 Å². The molecule has 0 aliphatic heterocycles. The number of hydrogen-bond donors (Lipinski definition) is 2. The zero-order valence-electron chi connectivity index (χ0n) is 16.8. The molecular formula is C19H27N3O6S. The van der Waals surface area contributed by atoms with E-state index in [1.54, 1.807) is 31.2 Å². The fourth-order valence-electron chi connectivity index (χ4n) is 3.13. The van der Waals surface area contributed by atoms with Gasteiger partial charge >= 0.3 is 12.0 Å². The number of aryl methyl sites for hydroxylation is 1. The van der Waals surface area contributed by atoms with Crippen LogP contribution < -0.4 is 14.9 Å². The zero-order valence-corrected chi connectivity index (χ0v) is 17.6. The number of benzene rings is 1. The summed E-state index contributed by atoms with van der Waals surface area (Å²) in [6.07, 6.45) is 3.53. The van der Waals surface area contributed by atoms with Crippen molar-refractivity contribution in [3.8, 4) is 0 Å². The maximum absolute atomic E-state index is 12.3. The first-order valence-corrected chi connectivity index (χ1v) is 11.3. The van der Waals surface area contributed by atoms with Crippen molar-refractivity contribution in [2.24, 2.45) is 0 Å². The molecule has 1 atom stereocenters. The monoisotopic (exact) mass is 425 g/mol. The second-order valence-corrected chi connectivity index (χ2v) is 9.04. The molecule has 0 spiro atoms. The minimum absolute atomic E-state index is 0.0399. The average molecular weight is 426 g/mol. The number of carbonyl (C=O) groups is 3. The number of hydrogen-bond acceptors (Lipinski definition) is 6. The molecule has 9 nitrogen and oxygen atoms in total. The lowest BCUT2D eigenvalue weighted by Crippen LogP contribution is -2.48. The van der Waals surface area contributed by atoms with Crippen LogP contribution in [0.1, 0.15) is 38.2 Å². The van der Waals surface area contributed by atoms with Crippen molar-refractivity contribution < 1.29 is 27.5 Å². The first-order valence-electron chi connectivity index (χ1n) is 9.42. The van der Waals surface area contributed by atoms with E-state index in [2.05, 4.69) is 10.6 Å². The van der Waals surface area contributed by atoms with Gasteiger partial charge in [-0.05, 0) is 38.3 Å². The highest BCUT2D eigenvalue weighted by Gasteiger charge is 2.26. The Bertz CT molecular complexity index is 864. The summed E-state index contributed by atoms with van der Waals surface area (Å²) in [5.41, 5.74) is 1.01. The Kier molecular flexibility index (Phi) is 7.60. The first-order chi connectivity index (χ1) is 13.6. The zero-order chi connectivity index (χ0) is 21.6. The molecule has 1 saturated carbocycles. The van der Waals surface area contributed by atoms with Gasteiger partial charge in [0.05, 0.1) is 11.9 Å². The molecule has 2 rings (SSSR count). The van der Waals surface area contributed by atoms with Gasteiger partial charge in [-0.15, -0.1) is 0 Å². The predicted molar refractivity (Wildman–Crippen MR) is 108 cm³/mol. The first kappa shape index (κ1) is 22.7. The molecule has 1 aliphatic rings. The van der Waals surface area contributed by atoms with Crippen LogP contribution in [0.4, 0.5) is 10.5 Å². The number of urea groups is 1. The largest absolute Gasteiger partial charge is 0.451 e. The van der Waals surface area contributed by atoms with Gasteiger partial charge in [-0.2, -0.15) is 0 Å². The van der Waals surface area contributed by atoms with Gasteiger partial charge in [0.25, 0.3) is 5.91 Å². The Hall–Kier alpha value is -2.62. The summed E-state index contributed by atoms with van der Waals surface area (Å²) in [6, 6.07) is 6.11. The second-order valence-electron chi connectivity index (χ2n) is 7.13. The molecule has 1 aliphatic carbocycles. The van der Waals surface area contributed by atoms with Crippen molar-refractivity contribution in [2.45, 2.75) is 51.7 Å². The van der Waals surface area contributed by atoms with Crippen LogP contribution in [0, 0.1) is 6.92 Å². The summed E-state index contributed by atoms with van der Waals surface area (Å²) in [4.78, 5) is 36.2. The van der Waals surface area contributed by atoms with E-state index in [9.17, 15) is 22.8 Å². The molecule has 0 bridgehead atoms. The Morgan fingerprint density at radius 2 is 1.83 bits per heavy atom. The van der Waals surface area contributed by atoms with Crippen LogP contribution in [-0.4, -0.2) is 51.3 Å². The molecule has 29 heavy (non-hydrogen) atoms. The standard InChI is InChI=1S/C19H27N3O6S/c1-13-8-4-7-11-16(13)22(29(3,26)27)12-17(23)28-14(2)18(24)21-19(25)20-15-9-5-6-10-15/h4,7-8,11,14-15H,5-6,9-10,12H2,1-3H3,(H2,20,21,24,25)/t14-/m1/s1. The number of amides is 3. The number of para-hydroxylation sites is 1. The van der Waals surface area contributed by atoms with Crippen LogP contribution in [0.5, 0.6) is 0 Å². The lowest BCUT2D eigenvalue weighted by atomic mass is 10.2. The summed E-state index contributed by atoms with van der Waals surface area (Å²) in [5.74, 6) is -1.69. The van der Waals surface area contributed by atoms with E-state index in [4.69, 9.17) is 4.74 Å². The van der Waals surface area contributed by atoms with Gasteiger partial charge in [-0.3, -0.25) is 19.2 Å². The number of imide groups is 1. The van der Waals surface area contributed by atoms with Crippen LogP contribution in [0.25, 0.3) is 0 Å². The quantitative estimate of drug-likeness (QED) is 0.638. The third-order valence-corrected chi connectivity index (χ3v) is 5.79. The number of carbonyl (C=O) groups excluding carboxylic acids is 3. The summed E-state index contributed by atoms with van der Waals surface area (Å²) in [6.45, 7) is 2.45. The molecule has 3 amide bonds. The summed E-state index contributed by atoms with van der Waals surface area (Å²) < 4.78 is 30.2. The van der Waals surface area contributed by atoms with Gasteiger partial charge in [0.1, 0.15) is 6.54 Å². The van der Waals surface area contributed by atoms with E-state index in [-0.39, 0.29) is 6.04 Å². The minimum atomic E-state index is -3.76. The van der Waals surface area contributed by atoms with Crippen molar-refractivity contribution in [1.82, 2.24) is 10.6 Å². The van der Waals surface area contributed by atoms with E-state index >= 15 is 0 Å². The number of esters is 1. The maximum Gasteiger partial charge on any atom is 0.327 e. The molecule has 0 unspecified atom stereocenters. The minimum Gasteiger partial charge on any atom is -0.451 e. The van der Waals surface area contributed by atoms with Gasteiger partial charge in [0.15, 0.2) is 6.10 Å². The molecule has 10 heteroatoms. The fourth-order valence-corrected chi connectivity index (χ4v) is 4.04. The topological polar surface area (TPSA) is 122 Å². The van der Waals surface area contributed by atoms with E-state index in [1.807, 2.05) is 0 Å². The number of sulfonamides is 1. The Morgan fingerprint density at radius 3 is 2.41 bits per heavy atom. The summed E-state index contributed by atoms with van der Waals surface area (Å²) in [5, 5.41) is 4.84.